The van der Waals surface area contributed by atoms with E-state index in [1.165, 1.54) is 27.8 Å². The minimum atomic E-state index is -3.69. The van der Waals surface area contributed by atoms with Gasteiger partial charge in [-0.1, -0.05) is 175 Å². The molecule has 0 aliphatic carbocycles. The standard InChI is InChI=1S/C48H33BO2S/c50-52(51)47-19-11-10-18-45(47)49(44-16-8-3-9-17-44)46-29-28-40(33-48(46)52)38-24-20-36(21-25-38)37-22-26-39(27-23-37)43-31-41(34-12-4-1-5-13-34)30-42(32-43)35-14-6-2-7-15-35/h1-33H. The smallest absolute Gasteiger partial charge is 0.219 e. The molecule has 8 aromatic rings. The van der Waals surface area contributed by atoms with Crippen LogP contribution in [-0.4, -0.2) is 15.1 Å². The maximum absolute atomic E-state index is 14.0. The van der Waals surface area contributed by atoms with Crippen molar-refractivity contribution in [2.24, 2.45) is 0 Å². The van der Waals surface area contributed by atoms with Gasteiger partial charge in [-0.15, -0.1) is 0 Å². The summed E-state index contributed by atoms with van der Waals surface area (Å²) in [6.45, 7) is -0.152. The Morgan fingerprint density at radius 2 is 0.654 bits per heavy atom. The Balaban J connectivity index is 1.03. The van der Waals surface area contributed by atoms with Crippen LogP contribution in [0.2, 0.25) is 0 Å². The van der Waals surface area contributed by atoms with Crippen molar-refractivity contribution in [1.82, 2.24) is 0 Å². The largest absolute Gasteiger partial charge is 0.244 e. The second-order valence-electron chi connectivity index (χ2n) is 13.3. The molecule has 52 heavy (non-hydrogen) atoms. The predicted octanol–water partition coefficient (Wildman–Crippen LogP) is 9.68. The number of benzene rings is 8. The highest BCUT2D eigenvalue weighted by Crippen LogP contribution is 2.35. The first-order valence-corrected chi connectivity index (χ1v) is 19.0. The minimum absolute atomic E-state index is 0.152. The topological polar surface area (TPSA) is 34.1 Å². The number of sulfone groups is 1. The van der Waals surface area contributed by atoms with Crippen LogP contribution < -0.4 is 16.4 Å². The Morgan fingerprint density at radius 1 is 0.288 bits per heavy atom. The molecular weight excluding hydrogens is 651 g/mol. The fourth-order valence-corrected chi connectivity index (χ4v) is 9.31. The molecule has 0 unspecified atom stereocenters. The predicted molar refractivity (Wildman–Crippen MR) is 217 cm³/mol. The molecule has 4 heteroatoms. The molecule has 246 valence electrons. The fourth-order valence-electron chi connectivity index (χ4n) is 7.54. The van der Waals surface area contributed by atoms with E-state index in [9.17, 15) is 8.42 Å². The van der Waals surface area contributed by atoms with Gasteiger partial charge < -0.3 is 0 Å². The summed E-state index contributed by atoms with van der Waals surface area (Å²) in [4.78, 5) is 0.763. The Morgan fingerprint density at radius 3 is 1.17 bits per heavy atom. The van der Waals surface area contributed by atoms with Crippen molar-refractivity contribution in [1.29, 1.82) is 0 Å². The molecule has 8 aromatic carbocycles. The van der Waals surface area contributed by atoms with Gasteiger partial charge in [-0.05, 0) is 96.9 Å². The van der Waals surface area contributed by atoms with Crippen molar-refractivity contribution in [2.45, 2.75) is 9.79 Å². The van der Waals surface area contributed by atoms with E-state index in [2.05, 4.69) is 146 Å². The highest BCUT2D eigenvalue weighted by atomic mass is 32.2. The number of rotatable bonds is 6. The first-order valence-electron chi connectivity index (χ1n) is 17.5. The average Bonchev–Trinajstić information content (AvgIpc) is 3.22. The highest BCUT2D eigenvalue weighted by molar-refractivity contribution is 7.92. The fraction of sp³-hybridized carbons (Fsp3) is 0. The Labute approximate surface area is 305 Å². The Kier molecular flexibility index (Phi) is 8.03. The summed E-state index contributed by atoms with van der Waals surface area (Å²) in [5, 5.41) is 0. The van der Waals surface area contributed by atoms with E-state index in [1.54, 1.807) is 6.07 Å². The molecule has 0 aromatic heterocycles. The first-order chi connectivity index (χ1) is 25.5. The second-order valence-corrected chi connectivity index (χ2v) is 15.2. The number of hydrogen-bond donors (Lipinski definition) is 0. The van der Waals surface area contributed by atoms with Gasteiger partial charge in [0.05, 0.1) is 9.79 Å². The molecule has 0 N–H and O–H groups in total. The lowest BCUT2D eigenvalue weighted by Crippen LogP contribution is -2.57. The van der Waals surface area contributed by atoms with E-state index >= 15 is 0 Å². The van der Waals surface area contributed by atoms with Crippen molar-refractivity contribution < 1.29 is 8.42 Å². The zero-order valence-electron chi connectivity index (χ0n) is 28.4. The van der Waals surface area contributed by atoms with Gasteiger partial charge in [0.1, 0.15) is 0 Å². The lowest BCUT2D eigenvalue weighted by atomic mass is 9.36. The van der Waals surface area contributed by atoms with Crippen molar-refractivity contribution in [3.05, 3.63) is 200 Å². The summed E-state index contributed by atoms with van der Waals surface area (Å²) in [5.41, 5.74) is 13.9. The van der Waals surface area contributed by atoms with Gasteiger partial charge in [0.2, 0.25) is 16.6 Å². The van der Waals surface area contributed by atoms with Gasteiger partial charge in [-0.2, -0.15) is 0 Å². The monoisotopic (exact) mass is 684 g/mol. The van der Waals surface area contributed by atoms with Gasteiger partial charge in [0.25, 0.3) is 0 Å². The van der Waals surface area contributed by atoms with E-state index in [-0.39, 0.29) is 6.71 Å². The molecule has 1 aliphatic rings. The summed E-state index contributed by atoms with van der Waals surface area (Å²) >= 11 is 0. The lowest BCUT2D eigenvalue weighted by Gasteiger charge is -2.27. The molecule has 1 aliphatic heterocycles. The van der Waals surface area contributed by atoms with Crippen LogP contribution in [0.1, 0.15) is 0 Å². The van der Waals surface area contributed by atoms with Crippen LogP contribution in [-0.2, 0) is 9.84 Å². The van der Waals surface area contributed by atoms with E-state index < -0.39 is 9.84 Å². The summed E-state index contributed by atoms with van der Waals surface area (Å²) in [5.74, 6) is 0. The molecular formula is C48H33BO2S. The first kappa shape index (κ1) is 31.7. The van der Waals surface area contributed by atoms with Gasteiger partial charge in [0, 0.05) is 0 Å². The Bertz CT molecular complexity index is 2600. The molecule has 0 saturated heterocycles. The third-order valence-corrected chi connectivity index (χ3v) is 12.1. The van der Waals surface area contributed by atoms with Crippen LogP contribution in [0.4, 0.5) is 0 Å². The maximum Gasteiger partial charge on any atom is 0.244 e. The summed E-state index contributed by atoms with van der Waals surface area (Å²) in [6, 6.07) is 68.5. The lowest BCUT2D eigenvalue weighted by molar-refractivity contribution is 0.597. The van der Waals surface area contributed by atoms with Crippen LogP contribution in [0.3, 0.4) is 0 Å². The third kappa shape index (κ3) is 5.77. The second kappa shape index (κ2) is 13.2. The summed E-state index contributed by atoms with van der Waals surface area (Å²) in [7, 11) is -3.69. The molecule has 0 radical (unpaired) electrons. The highest BCUT2D eigenvalue weighted by Gasteiger charge is 2.38. The summed E-state index contributed by atoms with van der Waals surface area (Å²) < 4.78 is 28.0. The van der Waals surface area contributed by atoms with Crippen LogP contribution >= 0.6 is 0 Å². The van der Waals surface area contributed by atoms with Crippen molar-refractivity contribution in [3.63, 3.8) is 0 Å². The number of hydrogen-bond acceptors (Lipinski definition) is 2. The van der Waals surface area contributed by atoms with E-state index in [0.717, 1.165) is 44.2 Å². The molecule has 0 amide bonds. The molecule has 9 rings (SSSR count). The molecule has 0 atom stereocenters. The van der Waals surface area contributed by atoms with Gasteiger partial charge >= 0.3 is 0 Å². The normalized spacial score (nSPS) is 12.9. The van der Waals surface area contributed by atoms with Crippen molar-refractivity contribution >= 4 is 32.9 Å². The summed E-state index contributed by atoms with van der Waals surface area (Å²) in [6.07, 6.45) is 0. The van der Waals surface area contributed by atoms with Gasteiger partial charge in [-0.3, -0.25) is 0 Å². The molecule has 0 bridgehead atoms. The maximum atomic E-state index is 14.0. The van der Waals surface area contributed by atoms with E-state index in [4.69, 9.17) is 0 Å². The van der Waals surface area contributed by atoms with Crippen LogP contribution in [0, 0.1) is 0 Å². The molecule has 2 nitrogen and oxygen atoms in total. The SMILES string of the molecule is O=S1(=O)c2ccccc2B(c2ccccc2)c2ccc(-c3ccc(-c4ccc(-c5cc(-c6ccccc6)cc(-c6ccccc6)c5)cc4)cc3)cc21. The minimum Gasteiger partial charge on any atom is -0.219 e. The molecule has 0 fully saturated rings. The van der Waals surface area contributed by atoms with Crippen LogP contribution in [0.25, 0.3) is 55.6 Å². The average molecular weight is 685 g/mol. The quantitative estimate of drug-likeness (QED) is 0.164. The van der Waals surface area contributed by atoms with Crippen molar-refractivity contribution in [2.75, 3.05) is 0 Å². The zero-order valence-corrected chi connectivity index (χ0v) is 29.2. The van der Waals surface area contributed by atoms with Gasteiger partial charge in [-0.25, -0.2) is 8.42 Å². The van der Waals surface area contributed by atoms with Crippen LogP contribution in [0.5, 0.6) is 0 Å². The van der Waals surface area contributed by atoms with E-state index in [0.29, 0.717) is 9.79 Å². The van der Waals surface area contributed by atoms with Gasteiger partial charge in [0.15, 0.2) is 0 Å². The van der Waals surface area contributed by atoms with E-state index in [1.807, 2.05) is 48.5 Å². The molecule has 0 saturated carbocycles. The van der Waals surface area contributed by atoms with Crippen molar-refractivity contribution in [3.8, 4) is 55.6 Å². The molecule has 0 spiro atoms. The number of fused-ring (bicyclic) bond motifs is 2. The third-order valence-electron chi connectivity index (χ3n) is 10.2. The molecule has 1 heterocycles. The van der Waals surface area contributed by atoms with Crippen LogP contribution in [0.15, 0.2) is 210 Å². The Hall–Kier alpha value is -6.23. The zero-order chi connectivity index (χ0) is 35.1.